The lowest BCUT2D eigenvalue weighted by atomic mass is 10.4. The quantitative estimate of drug-likeness (QED) is 0.708. The fourth-order valence-corrected chi connectivity index (χ4v) is 2.61. The van der Waals surface area contributed by atoms with E-state index in [-0.39, 0.29) is 5.43 Å². The maximum atomic E-state index is 11.2. The fraction of sp³-hybridized carbons (Fsp3) is 0. The van der Waals surface area contributed by atoms with Gasteiger partial charge in [0.05, 0.1) is 14.9 Å². The molecule has 0 unspecified atom stereocenters. The van der Waals surface area contributed by atoms with E-state index in [1.54, 1.807) is 12.3 Å². The van der Waals surface area contributed by atoms with E-state index in [0.29, 0.717) is 0 Å². The highest BCUT2D eigenvalue weighted by Crippen LogP contribution is 2.30. The lowest BCUT2D eigenvalue weighted by Gasteiger charge is -1.87. The Morgan fingerprint density at radius 2 is 2.19 bits per heavy atom. The Morgan fingerprint density at radius 1 is 1.31 bits per heavy atom. The highest BCUT2D eigenvalue weighted by Gasteiger charge is 2.05. The number of imidazole rings is 1. The summed E-state index contributed by atoms with van der Waals surface area (Å²) in [6, 6.07) is 6.91. The molecule has 0 bridgehead atoms. The highest BCUT2D eigenvalue weighted by atomic mass is 35.5. The van der Waals surface area contributed by atoms with Gasteiger partial charge in [0.15, 0.2) is 5.43 Å². The van der Waals surface area contributed by atoms with Crippen molar-refractivity contribution >= 4 is 28.6 Å². The number of thiophene rings is 1. The Balaban J connectivity index is 2.22. The van der Waals surface area contributed by atoms with Crippen molar-refractivity contribution in [2.45, 2.75) is 0 Å². The van der Waals surface area contributed by atoms with E-state index in [2.05, 4.69) is 4.98 Å². The minimum atomic E-state index is -0.00221. The van der Waals surface area contributed by atoms with Crippen LogP contribution in [0.1, 0.15) is 0 Å². The molecule has 0 saturated heterocycles. The number of hydrogen-bond donors (Lipinski definition) is 1. The molecule has 0 atom stereocenters. The average molecular weight is 251 g/mol. The van der Waals surface area contributed by atoms with Crippen molar-refractivity contribution in [3.05, 3.63) is 51.2 Å². The second-order valence-corrected chi connectivity index (χ2v) is 5.14. The van der Waals surface area contributed by atoms with Gasteiger partial charge in [0.1, 0.15) is 5.65 Å². The third-order valence-corrected chi connectivity index (χ3v) is 3.59. The van der Waals surface area contributed by atoms with Crippen molar-refractivity contribution in [2.24, 2.45) is 0 Å². The summed E-state index contributed by atoms with van der Waals surface area (Å²) in [4.78, 5) is 15.4. The van der Waals surface area contributed by atoms with Crippen LogP contribution < -0.4 is 5.43 Å². The topological polar surface area (TPSA) is 37.3 Å². The molecule has 0 fully saturated rings. The minimum Gasteiger partial charge on any atom is -0.339 e. The molecule has 3 nitrogen and oxygen atoms in total. The van der Waals surface area contributed by atoms with Crippen molar-refractivity contribution in [2.75, 3.05) is 0 Å². The number of aromatic nitrogens is 2. The van der Waals surface area contributed by atoms with Gasteiger partial charge in [-0.15, -0.1) is 11.3 Å². The Morgan fingerprint density at radius 3 is 2.94 bits per heavy atom. The monoisotopic (exact) mass is 250 g/mol. The summed E-state index contributed by atoms with van der Waals surface area (Å²) in [5.74, 6) is 0. The number of nitrogens with one attached hydrogen (secondary N) is 1. The zero-order valence-corrected chi connectivity index (χ0v) is 9.68. The summed E-state index contributed by atoms with van der Waals surface area (Å²) in [6.07, 6.45) is 3.68. The smallest absolute Gasteiger partial charge is 0.183 e. The van der Waals surface area contributed by atoms with Crippen molar-refractivity contribution in [1.29, 1.82) is 0 Å². The number of rotatable bonds is 1. The minimum absolute atomic E-state index is 0.00221. The van der Waals surface area contributed by atoms with Gasteiger partial charge >= 0.3 is 0 Å². The first-order chi connectivity index (χ1) is 7.72. The Hall–Kier alpha value is -1.52. The van der Waals surface area contributed by atoms with Gasteiger partial charge in [0, 0.05) is 24.5 Å². The van der Waals surface area contributed by atoms with Crippen LogP contribution >= 0.6 is 22.9 Å². The summed E-state index contributed by atoms with van der Waals surface area (Å²) in [5, 5.41) is 0. The van der Waals surface area contributed by atoms with Crippen LogP contribution in [0.5, 0.6) is 0 Å². The number of nitrogens with zero attached hydrogens (tertiary/aromatic N) is 1. The second kappa shape index (κ2) is 3.50. The molecule has 0 saturated carbocycles. The van der Waals surface area contributed by atoms with Gasteiger partial charge < -0.3 is 9.38 Å². The predicted octanol–water partition coefficient (Wildman–Crippen LogP) is 3.01. The summed E-state index contributed by atoms with van der Waals surface area (Å²) < 4.78 is 2.63. The number of H-pyrrole nitrogens is 1. The standard InChI is InChI=1S/C11H7ClN2OS/c12-10-2-1-9(16-10)8-6-14-4-3-7(15)5-11(14)13-8/h1-6,13H. The van der Waals surface area contributed by atoms with Crippen molar-refractivity contribution in [1.82, 2.24) is 9.38 Å². The number of aromatic amines is 1. The lowest BCUT2D eigenvalue weighted by Crippen LogP contribution is -1.97. The number of fused-ring (bicyclic) bond motifs is 1. The van der Waals surface area contributed by atoms with Crippen LogP contribution in [0.25, 0.3) is 16.2 Å². The number of hydrogen-bond acceptors (Lipinski definition) is 2. The van der Waals surface area contributed by atoms with Gasteiger partial charge in [0.25, 0.3) is 0 Å². The normalized spacial score (nSPS) is 11.1. The molecule has 3 heterocycles. The van der Waals surface area contributed by atoms with E-state index < -0.39 is 0 Å². The van der Waals surface area contributed by atoms with Crippen LogP contribution in [-0.4, -0.2) is 9.38 Å². The summed E-state index contributed by atoms with van der Waals surface area (Å²) in [6.45, 7) is 0. The fourth-order valence-electron chi connectivity index (χ4n) is 1.60. The van der Waals surface area contributed by atoms with E-state index in [4.69, 9.17) is 11.6 Å². The maximum absolute atomic E-state index is 11.2. The van der Waals surface area contributed by atoms with Gasteiger partial charge in [0.2, 0.25) is 0 Å². The molecular formula is C11H7ClN2OS. The van der Waals surface area contributed by atoms with E-state index >= 15 is 0 Å². The second-order valence-electron chi connectivity index (χ2n) is 3.43. The Bertz CT molecular complexity index is 710. The molecule has 0 spiro atoms. The third-order valence-electron chi connectivity index (χ3n) is 2.33. The Kier molecular flexibility index (Phi) is 2.12. The van der Waals surface area contributed by atoms with Gasteiger partial charge in [-0.25, -0.2) is 0 Å². The van der Waals surface area contributed by atoms with Crippen molar-refractivity contribution < 1.29 is 0 Å². The maximum Gasteiger partial charge on any atom is 0.183 e. The largest absolute Gasteiger partial charge is 0.339 e. The molecule has 1 N–H and O–H groups in total. The van der Waals surface area contributed by atoms with Crippen LogP contribution in [0.3, 0.4) is 0 Å². The molecule has 0 aliphatic carbocycles. The SMILES string of the molecule is O=c1ccn2cc(-c3ccc(Cl)s3)[nH]c2c1. The van der Waals surface area contributed by atoms with Gasteiger partial charge in [-0.05, 0) is 12.1 Å². The first kappa shape index (κ1) is 9.69. The van der Waals surface area contributed by atoms with Crippen LogP contribution in [0.15, 0.2) is 41.5 Å². The number of halogens is 1. The van der Waals surface area contributed by atoms with Gasteiger partial charge in [-0.2, -0.15) is 0 Å². The van der Waals surface area contributed by atoms with Gasteiger partial charge in [-0.3, -0.25) is 4.79 Å². The molecular weight excluding hydrogens is 244 g/mol. The zero-order chi connectivity index (χ0) is 11.1. The van der Waals surface area contributed by atoms with Gasteiger partial charge in [-0.1, -0.05) is 11.6 Å². The molecule has 3 aromatic heterocycles. The molecule has 3 rings (SSSR count). The average Bonchev–Trinajstić information content (AvgIpc) is 2.83. The molecule has 0 aliphatic rings. The molecule has 0 radical (unpaired) electrons. The molecule has 80 valence electrons. The van der Waals surface area contributed by atoms with Crippen molar-refractivity contribution in [3.8, 4) is 10.6 Å². The van der Waals surface area contributed by atoms with E-state index in [9.17, 15) is 4.79 Å². The molecule has 5 heteroatoms. The number of pyridine rings is 1. The molecule has 0 aromatic carbocycles. The summed E-state index contributed by atoms with van der Waals surface area (Å²) >= 11 is 7.39. The zero-order valence-electron chi connectivity index (χ0n) is 8.11. The van der Waals surface area contributed by atoms with E-state index in [1.807, 2.05) is 22.7 Å². The van der Waals surface area contributed by atoms with Crippen LogP contribution in [-0.2, 0) is 0 Å². The Labute approximate surface area is 99.9 Å². The molecule has 0 aliphatic heterocycles. The predicted molar refractivity (Wildman–Crippen MR) is 66.3 cm³/mol. The van der Waals surface area contributed by atoms with Crippen LogP contribution in [0, 0.1) is 0 Å². The van der Waals surface area contributed by atoms with E-state index in [1.165, 1.54) is 17.4 Å². The van der Waals surface area contributed by atoms with E-state index in [0.717, 1.165) is 20.6 Å². The third kappa shape index (κ3) is 1.56. The lowest BCUT2D eigenvalue weighted by molar-refractivity contribution is 1.18. The first-order valence-electron chi connectivity index (χ1n) is 4.69. The molecule has 16 heavy (non-hydrogen) atoms. The van der Waals surface area contributed by atoms with Crippen LogP contribution in [0.4, 0.5) is 0 Å². The van der Waals surface area contributed by atoms with Crippen molar-refractivity contribution in [3.63, 3.8) is 0 Å². The molecule has 3 aromatic rings. The highest BCUT2D eigenvalue weighted by molar-refractivity contribution is 7.19. The summed E-state index contributed by atoms with van der Waals surface area (Å²) in [5.41, 5.74) is 1.74. The van der Waals surface area contributed by atoms with Crippen LogP contribution in [0.2, 0.25) is 4.34 Å². The first-order valence-corrected chi connectivity index (χ1v) is 5.88. The summed E-state index contributed by atoms with van der Waals surface area (Å²) in [7, 11) is 0. The molecule has 0 amide bonds.